The van der Waals surface area contributed by atoms with Crippen molar-refractivity contribution in [2.45, 2.75) is 35.8 Å². The van der Waals surface area contributed by atoms with Crippen LogP contribution in [0.3, 0.4) is 0 Å². The minimum absolute atomic E-state index is 0.100. The van der Waals surface area contributed by atoms with Crippen LogP contribution in [-0.4, -0.2) is 26.1 Å². The Hall–Kier alpha value is -1.84. The Labute approximate surface area is 162 Å². The van der Waals surface area contributed by atoms with Crippen LogP contribution >= 0.6 is 34.9 Å². The van der Waals surface area contributed by atoms with Crippen LogP contribution in [0.2, 0.25) is 0 Å². The number of aryl methyl sites for hydroxylation is 1. The van der Waals surface area contributed by atoms with Crippen molar-refractivity contribution in [2.75, 3.05) is 5.32 Å². The zero-order valence-corrected chi connectivity index (χ0v) is 16.6. The number of carbonyl (C=O) groups excluding carboxylic acids is 1. The number of thioether (sulfide) groups is 2. The maximum Gasteiger partial charge on any atom is 0.255 e. The summed E-state index contributed by atoms with van der Waals surface area (Å²) in [5.74, 6) is 1.29. The number of amides is 1. The van der Waals surface area contributed by atoms with Crippen LogP contribution in [0.1, 0.15) is 23.7 Å². The van der Waals surface area contributed by atoms with Crippen molar-refractivity contribution >= 4 is 56.1 Å². The molecule has 9 heteroatoms. The van der Waals surface area contributed by atoms with Crippen molar-refractivity contribution in [3.05, 3.63) is 45.4 Å². The van der Waals surface area contributed by atoms with Crippen LogP contribution in [0.5, 0.6) is 0 Å². The number of hydrogen-bond donors (Lipinski definition) is 2. The van der Waals surface area contributed by atoms with Crippen molar-refractivity contribution < 1.29 is 4.79 Å². The Morgan fingerprint density at radius 2 is 2.19 bits per heavy atom. The van der Waals surface area contributed by atoms with Crippen molar-refractivity contribution in [1.82, 2.24) is 15.0 Å². The number of aromatic nitrogens is 3. The molecule has 134 valence electrons. The summed E-state index contributed by atoms with van der Waals surface area (Å²) < 4.78 is 1.04. The first kappa shape index (κ1) is 17.6. The van der Waals surface area contributed by atoms with E-state index in [1.54, 1.807) is 18.7 Å². The second-order valence-electron chi connectivity index (χ2n) is 6.03. The highest BCUT2D eigenvalue weighted by Crippen LogP contribution is 2.29. The second-order valence-corrected chi connectivity index (χ2v) is 9.37. The SMILES string of the molecule is Cc1ccc2nc(NC(=O)C(C)Sc3nc4c(c(=O)[nH]3)CSC4)sc2c1. The third-order valence-electron chi connectivity index (χ3n) is 4.00. The van der Waals surface area contributed by atoms with Crippen LogP contribution in [0, 0.1) is 6.92 Å². The number of benzene rings is 1. The molecule has 6 nitrogen and oxygen atoms in total. The lowest BCUT2D eigenvalue weighted by Crippen LogP contribution is -2.23. The molecule has 0 fully saturated rings. The van der Waals surface area contributed by atoms with Crippen LogP contribution in [0.25, 0.3) is 10.2 Å². The molecule has 3 heterocycles. The van der Waals surface area contributed by atoms with E-state index >= 15 is 0 Å². The number of nitrogens with one attached hydrogen (secondary N) is 2. The van der Waals surface area contributed by atoms with Gasteiger partial charge in [0.05, 0.1) is 21.2 Å². The van der Waals surface area contributed by atoms with Gasteiger partial charge in [0.2, 0.25) is 5.91 Å². The normalized spacial score (nSPS) is 14.4. The van der Waals surface area contributed by atoms with Gasteiger partial charge in [0.15, 0.2) is 10.3 Å². The van der Waals surface area contributed by atoms with E-state index in [0.29, 0.717) is 16.0 Å². The average Bonchev–Trinajstić information content (AvgIpc) is 3.20. The van der Waals surface area contributed by atoms with Gasteiger partial charge in [-0.1, -0.05) is 29.2 Å². The fraction of sp³-hybridized carbons (Fsp3) is 0.294. The quantitative estimate of drug-likeness (QED) is 0.511. The highest BCUT2D eigenvalue weighted by Gasteiger charge is 2.21. The molecule has 1 aliphatic heterocycles. The molecule has 0 saturated heterocycles. The first-order valence-electron chi connectivity index (χ1n) is 8.04. The second kappa shape index (κ2) is 7.05. The third kappa shape index (κ3) is 3.51. The Morgan fingerprint density at radius 1 is 1.35 bits per heavy atom. The van der Waals surface area contributed by atoms with E-state index in [0.717, 1.165) is 32.8 Å². The molecule has 1 atom stereocenters. The van der Waals surface area contributed by atoms with Crippen LogP contribution in [0.15, 0.2) is 28.2 Å². The van der Waals surface area contributed by atoms with E-state index < -0.39 is 5.25 Å². The standard InChI is InChI=1S/C17H16N4O2S3/c1-8-3-4-11-13(5-8)26-17(18-11)20-14(22)9(2)25-16-19-12-7-24-6-10(12)15(23)21-16/h3-5,9H,6-7H2,1-2H3,(H,18,20,22)(H,19,21,23). The fourth-order valence-corrected chi connectivity index (χ4v) is 5.43. The zero-order valence-electron chi connectivity index (χ0n) is 14.2. The first-order valence-corrected chi connectivity index (χ1v) is 10.9. The average molecular weight is 405 g/mol. The van der Waals surface area contributed by atoms with Crippen LogP contribution < -0.4 is 10.9 Å². The van der Waals surface area contributed by atoms with Gasteiger partial charge in [-0.2, -0.15) is 11.8 Å². The predicted octanol–water partition coefficient (Wildman–Crippen LogP) is 3.55. The Morgan fingerprint density at radius 3 is 3.04 bits per heavy atom. The Bertz CT molecular complexity index is 1060. The summed E-state index contributed by atoms with van der Waals surface area (Å²) in [6.07, 6.45) is 0. The minimum atomic E-state index is -0.404. The molecule has 0 aliphatic carbocycles. The fourth-order valence-electron chi connectivity index (χ4n) is 2.61. The monoisotopic (exact) mass is 404 g/mol. The summed E-state index contributed by atoms with van der Waals surface area (Å²) in [6, 6.07) is 6.00. The highest BCUT2D eigenvalue weighted by atomic mass is 32.2. The molecule has 0 bridgehead atoms. The van der Waals surface area contributed by atoms with Crippen molar-refractivity contribution in [3.63, 3.8) is 0 Å². The predicted molar refractivity (Wildman–Crippen MR) is 108 cm³/mol. The molecule has 0 radical (unpaired) electrons. The van der Waals surface area contributed by atoms with Crippen LogP contribution in [-0.2, 0) is 16.3 Å². The number of thiazole rings is 1. The molecule has 0 spiro atoms. The van der Waals surface area contributed by atoms with Gasteiger partial charge >= 0.3 is 0 Å². The maximum atomic E-state index is 12.5. The molecule has 0 saturated carbocycles. The Balaban J connectivity index is 1.47. The third-order valence-corrected chi connectivity index (χ3v) is 6.88. The summed E-state index contributed by atoms with van der Waals surface area (Å²) in [5.41, 5.74) is 3.51. The summed E-state index contributed by atoms with van der Waals surface area (Å²) in [5, 5.41) is 3.52. The summed E-state index contributed by atoms with van der Waals surface area (Å²) in [7, 11) is 0. The molecule has 2 aromatic heterocycles. The van der Waals surface area contributed by atoms with Gasteiger partial charge in [-0.05, 0) is 31.5 Å². The Kier molecular flexibility index (Phi) is 4.76. The molecular weight excluding hydrogens is 388 g/mol. The number of carbonyl (C=O) groups is 1. The zero-order chi connectivity index (χ0) is 18.3. The van der Waals surface area contributed by atoms with Gasteiger partial charge in [0, 0.05) is 17.1 Å². The molecule has 2 N–H and O–H groups in total. The summed E-state index contributed by atoms with van der Waals surface area (Å²) in [4.78, 5) is 36.3. The van der Waals surface area contributed by atoms with E-state index in [4.69, 9.17) is 0 Å². The van der Waals surface area contributed by atoms with Gasteiger partial charge < -0.3 is 10.3 Å². The maximum absolute atomic E-state index is 12.5. The van der Waals surface area contributed by atoms with Crippen molar-refractivity contribution in [2.24, 2.45) is 0 Å². The van der Waals surface area contributed by atoms with Crippen molar-refractivity contribution in [3.8, 4) is 0 Å². The van der Waals surface area contributed by atoms with Gasteiger partial charge in [0.1, 0.15) is 0 Å². The smallest absolute Gasteiger partial charge is 0.255 e. The summed E-state index contributed by atoms with van der Waals surface area (Å²) in [6.45, 7) is 3.82. The number of fused-ring (bicyclic) bond motifs is 2. The number of aromatic amines is 1. The number of hydrogen-bond acceptors (Lipinski definition) is 7. The van der Waals surface area contributed by atoms with Gasteiger partial charge in [-0.15, -0.1) is 0 Å². The molecule has 1 amide bonds. The molecular formula is C17H16N4O2S3. The lowest BCUT2D eigenvalue weighted by Gasteiger charge is -2.10. The lowest BCUT2D eigenvalue weighted by atomic mass is 10.2. The van der Waals surface area contributed by atoms with E-state index in [1.165, 1.54) is 23.1 Å². The molecule has 3 aromatic rings. The topological polar surface area (TPSA) is 87.7 Å². The highest BCUT2D eigenvalue weighted by molar-refractivity contribution is 8.00. The van der Waals surface area contributed by atoms with E-state index in [9.17, 15) is 9.59 Å². The molecule has 1 aliphatic rings. The molecule has 4 rings (SSSR count). The summed E-state index contributed by atoms with van der Waals surface area (Å²) >= 11 is 4.38. The molecule has 1 aromatic carbocycles. The molecule has 1 unspecified atom stereocenters. The van der Waals surface area contributed by atoms with Gasteiger partial charge in [-0.3, -0.25) is 9.59 Å². The number of H-pyrrole nitrogens is 1. The number of anilines is 1. The van der Waals surface area contributed by atoms with E-state index in [-0.39, 0.29) is 11.5 Å². The number of nitrogens with zero attached hydrogens (tertiary/aromatic N) is 2. The van der Waals surface area contributed by atoms with Crippen molar-refractivity contribution in [1.29, 1.82) is 0 Å². The number of rotatable bonds is 4. The van der Waals surface area contributed by atoms with Crippen LogP contribution in [0.4, 0.5) is 5.13 Å². The van der Waals surface area contributed by atoms with Gasteiger partial charge in [0.25, 0.3) is 5.56 Å². The molecule has 26 heavy (non-hydrogen) atoms. The minimum Gasteiger partial charge on any atom is -0.301 e. The van der Waals surface area contributed by atoms with E-state index in [2.05, 4.69) is 26.3 Å². The lowest BCUT2D eigenvalue weighted by molar-refractivity contribution is -0.115. The van der Waals surface area contributed by atoms with E-state index in [1.807, 2.05) is 19.1 Å². The van der Waals surface area contributed by atoms with Gasteiger partial charge in [-0.25, -0.2) is 9.97 Å². The largest absolute Gasteiger partial charge is 0.301 e. The first-order chi connectivity index (χ1) is 12.5.